The first kappa shape index (κ1) is 13.1. The Hall–Kier alpha value is -0.300. The fraction of sp³-hybridized carbons (Fsp3) is 0.875. The van der Waals surface area contributed by atoms with Gasteiger partial charge in [-0.3, -0.25) is 0 Å². The molecule has 1 nitrogen and oxygen atoms in total. The summed E-state index contributed by atoms with van der Waals surface area (Å²) in [7, 11) is 0. The van der Waals surface area contributed by atoms with Crippen LogP contribution in [0.3, 0.4) is 0 Å². The van der Waals surface area contributed by atoms with Gasteiger partial charge in [-0.1, -0.05) is 44.8 Å². The van der Waals surface area contributed by atoms with Gasteiger partial charge in [0.05, 0.1) is 0 Å². The monoisotopic (exact) mass is 235 g/mol. The molecule has 0 radical (unpaired) electrons. The molecule has 0 aromatic heterocycles. The Labute approximate surface area is 107 Å². The molecule has 1 fully saturated rings. The lowest BCUT2D eigenvalue weighted by molar-refractivity contribution is 0.162. The molecule has 98 valence electrons. The van der Waals surface area contributed by atoms with Crippen LogP contribution in [0, 0.1) is 5.41 Å². The van der Waals surface area contributed by atoms with E-state index in [-0.39, 0.29) is 0 Å². The van der Waals surface area contributed by atoms with E-state index in [0.717, 1.165) is 0 Å². The Morgan fingerprint density at radius 1 is 1.24 bits per heavy atom. The number of nitrogens with one attached hydrogen (secondary N) is 1. The van der Waals surface area contributed by atoms with Gasteiger partial charge >= 0.3 is 0 Å². The van der Waals surface area contributed by atoms with Crippen LogP contribution in [0.15, 0.2) is 11.6 Å². The van der Waals surface area contributed by atoms with Crippen molar-refractivity contribution in [1.82, 2.24) is 5.32 Å². The van der Waals surface area contributed by atoms with Crippen LogP contribution in [0.2, 0.25) is 0 Å². The van der Waals surface area contributed by atoms with Crippen molar-refractivity contribution >= 4 is 0 Å². The third kappa shape index (κ3) is 3.13. The van der Waals surface area contributed by atoms with Crippen LogP contribution in [0.4, 0.5) is 0 Å². The lowest BCUT2D eigenvalue weighted by atomic mass is 9.68. The van der Waals surface area contributed by atoms with E-state index in [2.05, 4.69) is 25.2 Å². The molecule has 0 bridgehead atoms. The van der Waals surface area contributed by atoms with Gasteiger partial charge in [0, 0.05) is 6.04 Å². The third-order valence-corrected chi connectivity index (χ3v) is 4.74. The zero-order chi connectivity index (χ0) is 12.1. The molecule has 1 unspecified atom stereocenters. The summed E-state index contributed by atoms with van der Waals surface area (Å²) in [6.45, 7) is 5.98. The largest absolute Gasteiger partial charge is 0.310 e. The zero-order valence-electron chi connectivity index (χ0n) is 11.7. The first-order valence-corrected chi connectivity index (χ1v) is 7.68. The normalized spacial score (nSPS) is 25.6. The van der Waals surface area contributed by atoms with E-state index in [4.69, 9.17) is 0 Å². The minimum absolute atomic E-state index is 0.531. The van der Waals surface area contributed by atoms with Gasteiger partial charge in [0.1, 0.15) is 0 Å². The lowest BCUT2D eigenvalue weighted by Gasteiger charge is -2.42. The van der Waals surface area contributed by atoms with Gasteiger partial charge < -0.3 is 5.32 Å². The second kappa shape index (κ2) is 6.04. The van der Waals surface area contributed by atoms with E-state index >= 15 is 0 Å². The van der Waals surface area contributed by atoms with Gasteiger partial charge in [0.15, 0.2) is 0 Å². The molecule has 2 aliphatic carbocycles. The highest BCUT2D eigenvalue weighted by Crippen LogP contribution is 2.43. The fourth-order valence-electron chi connectivity index (χ4n) is 3.72. The van der Waals surface area contributed by atoms with Crippen LogP contribution in [0.5, 0.6) is 0 Å². The molecule has 1 saturated carbocycles. The van der Waals surface area contributed by atoms with Crippen LogP contribution >= 0.6 is 0 Å². The molecule has 0 amide bonds. The predicted octanol–water partition coefficient (Wildman–Crippen LogP) is 4.44. The standard InChI is InChI=1S/C16H29N/c1-3-13-17-15(14-9-5-6-10-14)16(2)11-7-4-8-12-16/h9,15,17H,3-8,10-13H2,1-2H3. The number of hydrogen-bond donors (Lipinski definition) is 1. The Morgan fingerprint density at radius 3 is 2.59 bits per heavy atom. The molecule has 2 aliphatic rings. The lowest BCUT2D eigenvalue weighted by Crippen LogP contribution is -2.46. The predicted molar refractivity (Wildman–Crippen MR) is 75.2 cm³/mol. The molecule has 0 aromatic carbocycles. The maximum Gasteiger partial charge on any atom is 0.0333 e. The topological polar surface area (TPSA) is 12.0 Å². The summed E-state index contributed by atoms with van der Waals surface area (Å²) in [5.74, 6) is 0. The minimum atomic E-state index is 0.531. The Kier molecular flexibility index (Phi) is 4.67. The summed E-state index contributed by atoms with van der Waals surface area (Å²) < 4.78 is 0. The number of allylic oxidation sites excluding steroid dienone is 1. The molecule has 1 heteroatoms. The summed E-state index contributed by atoms with van der Waals surface area (Å²) >= 11 is 0. The summed E-state index contributed by atoms with van der Waals surface area (Å²) in [5, 5.41) is 3.85. The van der Waals surface area contributed by atoms with E-state index < -0.39 is 0 Å². The second-order valence-electron chi connectivity index (χ2n) is 6.27. The molecular formula is C16H29N. The SMILES string of the molecule is CCCNC(C1=CCCC1)C1(C)CCCCC1. The van der Waals surface area contributed by atoms with Crippen molar-refractivity contribution in [3.8, 4) is 0 Å². The highest BCUT2D eigenvalue weighted by atomic mass is 14.9. The molecule has 0 aromatic rings. The number of rotatable bonds is 5. The highest BCUT2D eigenvalue weighted by Gasteiger charge is 2.37. The van der Waals surface area contributed by atoms with Crippen molar-refractivity contribution in [2.75, 3.05) is 6.54 Å². The second-order valence-corrected chi connectivity index (χ2v) is 6.27. The van der Waals surface area contributed by atoms with Crippen LogP contribution in [0.25, 0.3) is 0 Å². The van der Waals surface area contributed by atoms with Crippen LogP contribution in [-0.4, -0.2) is 12.6 Å². The average Bonchev–Trinajstić information content (AvgIpc) is 2.84. The molecular weight excluding hydrogens is 206 g/mol. The molecule has 1 N–H and O–H groups in total. The maximum absolute atomic E-state index is 3.85. The summed E-state index contributed by atoms with van der Waals surface area (Å²) in [6.07, 6.45) is 15.0. The third-order valence-electron chi connectivity index (χ3n) is 4.74. The maximum atomic E-state index is 3.85. The van der Waals surface area contributed by atoms with Gasteiger partial charge in [-0.05, 0) is 50.5 Å². The van der Waals surface area contributed by atoms with E-state index in [1.807, 2.05) is 0 Å². The zero-order valence-corrected chi connectivity index (χ0v) is 11.7. The van der Waals surface area contributed by atoms with Crippen LogP contribution in [-0.2, 0) is 0 Å². The van der Waals surface area contributed by atoms with Crippen molar-refractivity contribution in [3.63, 3.8) is 0 Å². The average molecular weight is 235 g/mol. The van der Waals surface area contributed by atoms with Crippen LogP contribution in [0.1, 0.15) is 71.6 Å². The Bertz CT molecular complexity index is 261. The molecule has 17 heavy (non-hydrogen) atoms. The molecule has 2 rings (SSSR count). The minimum Gasteiger partial charge on any atom is -0.310 e. The van der Waals surface area contributed by atoms with Gasteiger partial charge in [0.25, 0.3) is 0 Å². The Morgan fingerprint density at radius 2 is 2.00 bits per heavy atom. The van der Waals surface area contributed by atoms with Crippen molar-refractivity contribution < 1.29 is 0 Å². The molecule has 0 aliphatic heterocycles. The summed E-state index contributed by atoms with van der Waals surface area (Å²) in [6, 6.07) is 0.672. The van der Waals surface area contributed by atoms with Crippen LogP contribution < -0.4 is 5.32 Å². The van der Waals surface area contributed by atoms with Gasteiger partial charge in [-0.2, -0.15) is 0 Å². The quantitative estimate of drug-likeness (QED) is 0.695. The summed E-state index contributed by atoms with van der Waals surface area (Å²) in [4.78, 5) is 0. The fourth-order valence-corrected chi connectivity index (χ4v) is 3.72. The van der Waals surface area contributed by atoms with Crippen molar-refractivity contribution in [3.05, 3.63) is 11.6 Å². The smallest absolute Gasteiger partial charge is 0.0333 e. The first-order chi connectivity index (χ1) is 8.26. The molecule has 0 spiro atoms. The van der Waals surface area contributed by atoms with Gasteiger partial charge in [0.2, 0.25) is 0 Å². The van der Waals surface area contributed by atoms with E-state index in [0.29, 0.717) is 11.5 Å². The molecule has 0 saturated heterocycles. The van der Waals surface area contributed by atoms with Crippen molar-refractivity contribution in [2.45, 2.75) is 77.7 Å². The number of hydrogen-bond acceptors (Lipinski definition) is 1. The van der Waals surface area contributed by atoms with Crippen molar-refractivity contribution in [1.29, 1.82) is 0 Å². The highest BCUT2D eigenvalue weighted by molar-refractivity contribution is 5.19. The van der Waals surface area contributed by atoms with Crippen molar-refractivity contribution in [2.24, 2.45) is 5.41 Å². The first-order valence-electron chi connectivity index (χ1n) is 7.68. The molecule has 1 atom stereocenters. The van der Waals surface area contributed by atoms with E-state index in [9.17, 15) is 0 Å². The van der Waals surface area contributed by atoms with E-state index in [1.54, 1.807) is 5.57 Å². The van der Waals surface area contributed by atoms with Gasteiger partial charge in [-0.25, -0.2) is 0 Å². The molecule has 0 heterocycles. The summed E-state index contributed by atoms with van der Waals surface area (Å²) in [5.41, 5.74) is 2.26. The van der Waals surface area contributed by atoms with Gasteiger partial charge in [-0.15, -0.1) is 0 Å². The van der Waals surface area contributed by atoms with E-state index in [1.165, 1.54) is 64.3 Å². The Balaban J connectivity index is 2.07.